The van der Waals surface area contributed by atoms with Gasteiger partial charge in [-0.05, 0) is 73.4 Å². The first-order valence-corrected chi connectivity index (χ1v) is 21.3. The lowest BCUT2D eigenvalue weighted by molar-refractivity contribution is -0.136. The average molecular weight is 995 g/mol. The van der Waals surface area contributed by atoms with Crippen LogP contribution in [0.15, 0.2) is 119 Å². The molecule has 0 unspecified atom stereocenters. The van der Waals surface area contributed by atoms with Crippen LogP contribution in [0.5, 0.6) is 0 Å². The van der Waals surface area contributed by atoms with Crippen molar-refractivity contribution in [2.45, 2.75) is 69.7 Å². The van der Waals surface area contributed by atoms with Crippen LogP contribution in [-0.4, -0.2) is 50.7 Å². The highest BCUT2D eigenvalue weighted by Crippen LogP contribution is 2.25. The molecule has 64 heavy (non-hydrogen) atoms. The highest BCUT2D eigenvalue weighted by molar-refractivity contribution is 9.08. The van der Waals surface area contributed by atoms with Crippen molar-refractivity contribution in [1.29, 1.82) is 0 Å². The van der Waals surface area contributed by atoms with E-state index in [4.69, 9.17) is 23.2 Å². The first-order valence-electron chi connectivity index (χ1n) is 19.4. The molecule has 2 aromatic heterocycles. The predicted molar refractivity (Wildman–Crippen MR) is 238 cm³/mol. The maximum Gasteiger partial charge on any atom is 0.389 e. The Kier molecular flexibility index (Phi) is 19.1. The second-order valence-corrected chi connectivity index (χ2v) is 15.5. The molecule has 0 fully saturated rings. The maximum atomic E-state index is 12.9. The molecule has 9 nitrogen and oxygen atoms in total. The molecule has 0 aliphatic rings. The Labute approximate surface area is 382 Å². The number of ketones is 1. The number of halogens is 9. The van der Waals surface area contributed by atoms with Crippen LogP contribution in [0, 0.1) is 0 Å². The molecule has 0 bridgehead atoms. The number of ether oxygens (including phenoxy) is 1. The van der Waals surface area contributed by atoms with Gasteiger partial charge in [0.1, 0.15) is 11.6 Å². The molecule has 0 atom stereocenters. The number of aromatic nitrogens is 4. The summed E-state index contributed by atoms with van der Waals surface area (Å²) in [5.74, 6) is 0.0974. The van der Waals surface area contributed by atoms with E-state index < -0.39 is 30.8 Å². The highest BCUT2D eigenvalue weighted by atomic mass is 79.9. The Balaban J connectivity index is 0.000000233. The number of rotatable bonds is 13. The zero-order valence-electron chi connectivity index (χ0n) is 34.3. The second-order valence-electron chi connectivity index (χ2n) is 14.1. The van der Waals surface area contributed by atoms with Crippen LogP contribution in [0.2, 0.25) is 10.0 Å². The van der Waals surface area contributed by atoms with Gasteiger partial charge in [-0.1, -0.05) is 93.7 Å². The van der Waals surface area contributed by atoms with Crippen molar-refractivity contribution >= 4 is 50.9 Å². The molecule has 0 radical (unpaired) electrons. The number of hydrogen-bond acceptors (Lipinski definition) is 7. The maximum absolute atomic E-state index is 12.9. The van der Waals surface area contributed by atoms with Gasteiger partial charge < -0.3 is 9.72 Å². The Morgan fingerprint density at radius 1 is 0.703 bits per heavy atom. The molecule has 4 aromatic carbocycles. The lowest BCUT2D eigenvalue weighted by atomic mass is 10.1. The lowest BCUT2D eigenvalue weighted by Crippen LogP contribution is -2.26. The van der Waals surface area contributed by atoms with Gasteiger partial charge >= 0.3 is 18.3 Å². The Morgan fingerprint density at radius 3 is 1.75 bits per heavy atom. The van der Waals surface area contributed by atoms with Gasteiger partial charge in [0.2, 0.25) is 0 Å². The summed E-state index contributed by atoms with van der Waals surface area (Å²) in [5.41, 5.74) is 4.18. The second kappa shape index (κ2) is 23.9. The number of carbonyl (C=O) groups excluding carboxylic acids is 2. The molecule has 6 rings (SSSR count). The normalized spacial score (nSPS) is 11.2. The van der Waals surface area contributed by atoms with Crippen LogP contribution < -0.4 is 11.1 Å². The van der Waals surface area contributed by atoms with E-state index in [1.165, 1.54) is 30.7 Å². The average Bonchev–Trinajstić information content (AvgIpc) is 3.24. The molecular formula is C46H41BrCl2F6N4O5. The van der Waals surface area contributed by atoms with E-state index in [2.05, 4.69) is 35.6 Å². The number of carbonyl (C=O) groups is 2. The van der Waals surface area contributed by atoms with Gasteiger partial charge in [-0.2, -0.15) is 26.3 Å². The Hall–Kier alpha value is -5.58. The molecule has 18 heteroatoms. The fraction of sp³-hybridized carbons (Fsp3) is 0.261. The molecule has 0 saturated carbocycles. The van der Waals surface area contributed by atoms with Gasteiger partial charge in [0.05, 0.1) is 30.6 Å². The number of esters is 1. The molecule has 0 aliphatic heterocycles. The highest BCUT2D eigenvalue weighted by Gasteiger charge is 2.27. The van der Waals surface area contributed by atoms with Gasteiger partial charge in [0, 0.05) is 69.9 Å². The van der Waals surface area contributed by atoms with Crippen molar-refractivity contribution in [3.63, 3.8) is 0 Å². The first-order chi connectivity index (χ1) is 30.2. The number of benzene rings is 4. The van der Waals surface area contributed by atoms with Crippen LogP contribution in [0.25, 0.3) is 22.5 Å². The zero-order chi connectivity index (χ0) is 47.0. The van der Waals surface area contributed by atoms with Crippen molar-refractivity contribution in [3.05, 3.63) is 174 Å². The van der Waals surface area contributed by atoms with E-state index in [0.29, 0.717) is 49.3 Å². The van der Waals surface area contributed by atoms with Gasteiger partial charge in [-0.25, -0.2) is 14.8 Å². The summed E-state index contributed by atoms with van der Waals surface area (Å²) >= 11 is 15.0. The predicted octanol–water partition coefficient (Wildman–Crippen LogP) is 12.0. The molecule has 0 aliphatic carbocycles. The third kappa shape index (κ3) is 17.2. The summed E-state index contributed by atoms with van der Waals surface area (Å²) in [6.07, 6.45) is -10.6. The third-order valence-corrected chi connectivity index (χ3v) is 10.2. The number of nitrogens with zero attached hydrogens (tertiary/aromatic N) is 3. The van der Waals surface area contributed by atoms with Crippen molar-refractivity contribution in [2.75, 3.05) is 7.11 Å². The largest absolute Gasteiger partial charge is 0.465 e. The number of aryl methyl sites for hydroxylation is 2. The molecule has 0 amide bonds. The monoisotopic (exact) mass is 992 g/mol. The first kappa shape index (κ1) is 51.1. The van der Waals surface area contributed by atoms with Gasteiger partial charge in [0.15, 0.2) is 5.78 Å². The topological polar surface area (TPSA) is 124 Å². The van der Waals surface area contributed by atoms with E-state index in [0.717, 1.165) is 10.9 Å². The van der Waals surface area contributed by atoms with Crippen LogP contribution in [0.1, 0.15) is 76.1 Å². The van der Waals surface area contributed by atoms with E-state index in [1.54, 1.807) is 84.9 Å². The number of methoxy groups -OCH3 is 1. The zero-order valence-corrected chi connectivity index (χ0v) is 37.4. The number of H-pyrrole nitrogens is 1. The summed E-state index contributed by atoms with van der Waals surface area (Å²) < 4.78 is 80.2. The molecule has 6 aromatic rings. The molecule has 2 heterocycles. The van der Waals surface area contributed by atoms with Crippen LogP contribution >= 0.6 is 39.1 Å². The van der Waals surface area contributed by atoms with Crippen molar-refractivity contribution in [1.82, 2.24) is 19.5 Å². The standard InChI is InChI=1S/C23H20ClF3N2O2.C14H12ClF3N2O.C9H9BrO2/c1-15(30)18-5-2-4-16(12-18)14-29-21(6-3-11-23(25,26)27)28-20(13-22(29)31)17-7-9-19(24)10-8-17;15-10-5-3-9(4-6-10)11-8-13(21)20-12(19-11)2-1-7-14(16,17)18;1-12-9(11)8-4-2-3-7(5-8)6-10/h2,4-5,7-10,12-13H,3,6,11,14H2,1H3;3-6,8H,1-2,7H2,(H,19,20,21);2-5H,6H2,1H3. The van der Waals surface area contributed by atoms with Gasteiger partial charge in [0.25, 0.3) is 11.1 Å². The molecule has 0 spiro atoms. The molecular weight excluding hydrogens is 953 g/mol. The van der Waals surface area contributed by atoms with E-state index in [-0.39, 0.29) is 61.2 Å². The lowest BCUT2D eigenvalue weighted by Gasteiger charge is -2.15. The van der Waals surface area contributed by atoms with Gasteiger partial charge in [-0.3, -0.25) is 19.0 Å². The number of nitrogens with one attached hydrogen (secondary N) is 1. The van der Waals surface area contributed by atoms with Crippen LogP contribution in [-0.2, 0) is 29.5 Å². The smallest absolute Gasteiger partial charge is 0.389 e. The van der Waals surface area contributed by atoms with Crippen molar-refractivity contribution in [3.8, 4) is 22.5 Å². The minimum Gasteiger partial charge on any atom is -0.465 e. The van der Waals surface area contributed by atoms with Crippen LogP contribution in [0.3, 0.4) is 0 Å². The molecule has 338 valence electrons. The number of aromatic amines is 1. The minimum absolute atomic E-state index is 0.0113. The number of hydrogen-bond donors (Lipinski definition) is 1. The number of Topliss-reactive ketones (excluding diaryl/α,β-unsaturated/α-hetero) is 1. The molecule has 1 N–H and O–H groups in total. The van der Waals surface area contributed by atoms with Crippen LogP contribution in [0.4, 0.5) is 26.3 Å². The summed E-state index contributed by atoms with van der Waals surface area (Å²) in [5, 5.41) is 1.82. The summed E-state index contributed by atoms with van der Waals surface area (Å²) in [6, 6.07) is 30.2. The summed E-state index contributed by atoms with van der Waals surface area (Å²) in [7, 11) is 1.38. The Bertz CT molecular complexity index is 2620. The minimum atomic E-state index is -4.28. The summed E-state index contributed by atoms with van der Waals surface area (Å²) in [4.78, 5) is 58.3. The Morgan fingerprint density at radius 2 is 1.22 bits per heavy atom. The third-order valence-electron chi connectivity index (χ3n) is 9.07. The quantitative estimate of drug-likeness (QED) is 0.0529. The van der Waals surface area contributed by atoms with Crippen molar-refractivity contribution < 1.29 is 40.7 Å². The fourth-order valence-corrected chi connectivity index (χ4v) is 6.55. The van der Waals surface area contributed by atoms with E-state index >= 15 is 0 Å². The number of alkyl halides is 7. The fourth-order valence-electron chi connectivity index (χ4n) is 5.95. The van der Waals surface area contributed by atoms with Gasteiger partial charge in [-0.15, -0.1) is 0 Å². The SMILES string of the molecule is CC(=O)c1cccc(Cn2c(CCCC(F)(F)F)nc(-c3ccc(Cl)cc3)cc2=O)c1.COC(=O)c1cccc(CBr)c1.O=c1cc(-c2ccc(Cl)cc2)nc(CCCC(F)(F)F)[nH]1. The summed E-state index contributed by atoms with van der Waals surface area (Å²) in [6.45, 7) is 1.55. The van der Waals surface area contributed by atoms with E-state index in [1.807, 2.05) is 12.1 Å². The van der Waals surface area contributed by atoms with Crippen molar-refractivity contribution in [2.24, 2.45) is 0 Å². The molecule has 0 saturated heterocycles. The van der Waals surface area contributed by atoms with E-state index in [9.17, 15) is 45.5 Å².